The second-order valence-corrected chi connectivity index (χ2v) is 6.55. The van der Waals surface area contributed by atoms with Crippen LogP contribution >= 0.6 is 35.0 Å². The minimum Gasteiger partial charge on any atom is -0.354 e. The Kier molecular flexibility index (Phi) is 6.95. The van der Waals surface area contributed by atoms with Crippen LogP contribution in [0.2, 0.25) is 10.0 Å². The van der Waals surface area contributed by atoms with Gasteiger partial charge in [-0.2, -0.15) is 16.9 Å². The molecular formula is C15H15Cl2N3O2S. The SMILES string of the molecule is O=C(Cn1ncc(Cl)c(Cl)c1=O)NCCSCc1ccccc1. The number of hydrogen-bond acceptors (Lipinski definition) is 4. The van der Waals surface area contributed by atoms with Crippen molar-refractivity contribution in [1.29, 1.82) is 0 Å². The van der Waals surface area contributed by atoms with E-state index in [0.29, 0.717) is 6.54 Å². The van der Waals surface area contributed by atoms with Crippen molar-refractivity contribution in [3.05, 3.63) is 62.5 Å². The average molecular weight is 372 g/mol. The maximum atomic E-state index is 11.8. The Hall–Kier alpha value is -1.50. The number of halogens is 2. The zero-order valence-corrected chi connectivity index (χ0v) is 14.5. The van der Waals surface area contributed by atoms with Gasteiger partial charge in [0, 0.05) is 18.1 Å². The van der Waals surface area contributed by atoms with Gasteiger partial charge in [-0.3, -0.25) is 9.59 Å². The van der Waals surface area contributed by atoms with Crippen molar-refractivity contribution in [3.63, 3.8) is 0 Å². The quantitative estimate of drug-likeness (QED) is 0.759. The van der Waals surface area contributed by atoms with Gasteiger partial charge in [-0.25, -0.2) is 4.68 Å². The summed E-state index contributed by atoms with van der Waals surface area (Å²) in [6.07, 6.45) is 1.24. The molecule has 0 aliphatic heterocycles. The lowest BCUT2D eigenvalue weighted by Gasteiger charge is -2.07. The molecule has 1 heterocycles. The number of carbonyl (C=O) groups excluding carboxylic acids is 1. The normalized spacial score (nSPS) is 10.5. The second-order valence-electron chi connectivity index (χ2n) is 4.66. The Bertz CT molecular complexity index is 722. The van der Waals surface area contributed by atoms with Crippen molar-refractivity contribution in [2.24, 2.45) is 0 Å². The standard InChI is InChI=1S/C15H15Cl2N3O2S/c16-12-8-19-20(15(22)14(12)17)9-13(21)18-6-7-23-10-11-4-2-1-3-5-11/h1-5,8H,6-7,9-10H2,(H,18,21). The van der Waals surface area contributed by atoms with Crippen LogP contribution in [-0.4, -0.2) is 28.0 Å². The van der Waals surface area contributed by atoms with Crippen LogP contribution in [0.25, 0.3) is 0 Å². The number of thioether (sulfide) groups is 1. The Morgan fingerprint density at radius 3 is 2.74 bits per heavy atom. The fourth-order valence-corrected chi connectivity index (χ4v) is 2.87. The molecule has 8 heteroatoms. The molecule has 0 aliphatic carbocycles. The van der Waals surface area contributed by atoms with Gasteiger partial charge < -0.3 is 5.32 Å². The minimum atomic E-state index is -0.576. The van der Waals surface area contributed by atoms with Gasteiger partial charge >= 0.3 is 0 Å². The second kappa shape index (κ2) is 8.96. The molecule has 1 N–H and O–H groups in total. The van der Waals surface area contributed by atoms with Gasteiger partial charge in [-0.15, -0.1) is 0 Å². The molecule has 23 heavy (non-hydrogen) atoms. The lowest BCUT2D eigenvalue weighted by atomic mass is 10.2. The van der Waals surface area contributed by atoms with Crippen LogP contribution in [0.4, 0.5) is 0 Å². The molecule has 0 bridgehead atoms. The average Bonchev–Trinajstić information content (AvgIpc) is 2.56. The van der Waals surface area contributed by atoms with E-state index in [9.17, 15) is 9.59 Å². The van der Waals surface area contributed by atoms with Crippen LogP contribution in [0, 0.1) is 0 Å². The summed E-state index contributed by atoms with van der Waals surface area (Å²) in [5, 5.41) is 6.47. The predicted molar refractivity (Wildman–Crippen MR) is 94.1 cm³/mol. The van der Waals surface area contributed by atoms with Crippen molar-refractivity contribution in [3.8, 4) is 0 Å². The fraction of sp³-hybridized carbons (Fsp3) is 0.267. The molecular weight excluding hydrogens is 357 g/mol. The van der Waals surface area contributed by atoms with Crippen molar-refractivity contribution in [2.45, 2.75) is 12.3 Å². The maximum absolute atomic E-state index is 11.8. The summed E-state index contributed by atoms with van der Waals surface area (Å²) >= 11 is 13.1. The van der Waals surface area contributed by atoms with E-state index in [1.807, 2.05) is 18.2 Å². The summed E-state index contributed by atoms with van der Waals surface area (Å²) in [5.74, 6) is 1.38. The smallest absolute Gasteiger partial charge is 0.287 e. The highest BCUT2D eigenvalue weighted by molar-refractivity contribution is 7.98. The number of hydrogen-bond donors (Lipinski definition) is 1. The van der Waals surface area contributed by atoms with Crippen LogP contribution in [0.15, 0.2) is 41.3 Å². The Labute approximate surface area is 148 Å². The molecule has 0 saturated heterocycles. The third-order valence-corrected chi connectivity index (χ3v) is 4.69. The van der Waals surface area contributed by atoms with Crippen LogP contribution in [0.1, 0.15) is 5.56 Å². The molecule has 1 aromatic heterocycles. The number of nitrogens with zero attached hydrogens (tertiary/aromatic N) is 2. The first-order chi connectivity index (χ1) is 11.1. The van der Waals surface area contributed by atoms with E-state index in [2.05, 4.69) is 22.5 Å². The van der Waals surface area contributed by atoms with E-state index in [1.165, 1.54) is 11.8 Å². The predicted octanol–water partition coefficient (Wildman–Crippen LogP) is 2.60. The number of rotatable bonds is 7. The third-order valence-electron chi connectivity index (χ3n) is 2.92. The molecule has 2 aromatic rings. The minimum absolute atomic E-state index is 0.0747. The Balaban J connectivity index is 1.71. The molecule has 0 aliphatic rings. The lowest BCUT2D eigenvalue weighted by molar-refractivity contribution is -0.121. The number of benzene rings is 1. The first-order valence-electron chi connectivity index (χ1n) is 6.87. The molecule has 122 valence electrons. The topological polar surface area (TPSA) is 64.0 Å². The Morgan fingerprint density at radius 2 is 2.00 bits per heavy atom. The van der Waals surface area contributed by atoms with Crippen LogP contribution in [0.5, 0.6) is 0 Å². The molecule has 0 unspecified atom stereocenters. The van der Waals surface area contributed by atoms with Gasteiger partial charge in [0.1, 0.15) is 11.6 Å². The molecule has 0 saturated carbocycles. The summed E-state index contributed by atoms with van der Waals surface area (Å²) in [4.78, 5) is 23.6. The van der Waals surface area contributed by atoms with Gasteiger partial charge in [0.05, 0.1) is 11.2 Å². The summed E-state index contributed by atoms with van der Waals surface area (Å²) in [6, 6.07) is 10.1. The van der Waals surface area contributed by atoms with E-state index in [0.717, 1.165) is 16.2 Å². The maximum Gasteiger partial charge on any atom is 0.287 e. The monoisotopic (exact) mass is 371 g/mol. The molecule has 0 atom stereocenters. The van der Waals surface area contributed by atoms with E-state index < -0.39 is 5.56 Å². The zero-order chi connectivity index (χ0) is 16.7. The number of nitrogens with one attached hydrogen (secondary N) is 1. The number of aromatic nitrogens is 2. The van der Waals surface area contributed by atoms with Gasteiger partial charge in [0.15, 0.2) is 0 Å². The van der Waals surface area contributed by atoms with Crippen LogP contribution in [-0.2, 0) is 17.1 Å². The molecule has 2 rings (SSSR count). The highest BCUT2D eigenvalue weighted by Gasteiger charge is 2.10. The molecule has 0 spiro atoms. The highest BCUT2D eigenvalue weighted by atomic mass is 35.5. The third kappa shape index (κ3) is 5.57. The molecule has 0 radical (unpaired) electrons. The summed E-state index contributed by atoms with van der Waals surface area (Å²) in [5.41, 5.74) is 0.670. The van der Waals surface area contributed by atoms with E-state index in [1.54, 1.807) is 11.8 Å². The zero-order valence-electron chi connectivity index (χ0n) is 12.2. The van der Waals surface area contributed by atoms with E-state index in [4.69, 9.17) is 23.2 Å². The van der Waals surface area contributed by atoms with Crippen molar-refractivity contribution < 1.29 is 4.79 Å². The summed E-state index contributed by atoms with van der Waals surface area (Å²) in [7, 11) is 0. The largest absolute Gasteiger partial charge is 0.354 e. The Morgan fingerprint density at radius 1 is 1.26 bits per heavy atom. The summed E-state index contributed by atoms with van der Waals surface area (Å²) < 4.78 is 0.987. The van der Waals surface area contributed by atoms with Gasteiger partial charge in [0.2, 0.25) is 5.91 Å². The molecule has 5 nitrogen and oxygen atoms in total. The molecule has 1 amide bonds. The van der Waals surface area contributed by atoms with Crippen LogP contribution < -0.4 is 10.9 Å². The van der Waals surface area contributed by atoms with E-state index in [-0.39, 0.29) is 22.5 Å². The van der Waals surface area contributed by atoms with Crippen molar-refractivity contribution >= 4 is 40.9 Å². The lowest BCUT2D eigenvalue weighted by Crippen LogP contribution is -2.34. The molecule has 1 aromatic carbocycles. The van der Waals surface area contributed by atoms with Gasteiger partial charge in [0.25, 0.3) is 5.56 Å². The van der Waals surface area contributed by atoms with Gasteiger partial charge in [-0.1, -0.05) is 53.5 Å². The van der Waals surface area contributed by atoms with Crippen molar-refractivity contribution in [1.82, 2.24) is 15.1 Å². The highest BCUT2D eigenvalue weighted by Crippen LogP contribution is 2.14. The fourth-order valence-electron chi connectivity index (χ4n) is 1.78. The molecule has 0 fully saturated rings. The number of amides is 1. The summed E-state index contributed by atoms with van der Waals surface area (Å²) in [6.45, 7) is 0.339. The van der Waals surface area contributed by atoms with Crippen molar-refractivity contribution in [2.75, 3.05) is 12.3 Å². The first kappa shape index (κ1) is 17.8. The van der Waals surface area contributed by atoms with Gasteiger partial charge in [-0.05, 0) is 5.56 Å². The number of carbonyl (C=O) groups is 1. The van der Waals surface area contributed by atoms with E-state index >= 15 is 0 Å². The van der Waals surface area contributed by atoms with Crippen LogP contribution in [0.3, 0.4) is 0 Å². The first-order valence-corrected chi connectivity index (χ1v) is 8.78.